The number of nitrogens with one attached hydrogen (secondary N) is 1. The number of hydrogen-bond acceptors (Lipinski definition) is 2. The van der Waals surface area contributed by atoms with Crippen LogP contribution in [0.5, 0.6) is 0 Å². The van der Waals surface area contributed by atoms with Gasteiger partial charge in [0.25, 0.3) is 0 Å². The predicted molar refractivity (Wildman–Crippen MR) is 74.9 cm³/mol. The number of carbonyl (C=O) groups is 2. The summed E-state index contributed by atoms with van der Waals surface area (Å²) in [6.45, 7) is 2.25. The van der Waals surface area contributed by atoms with Gasteiger partial charge in [0, 0.05) is 6.04 Å². The molecule has 0 saturated heterocycles. The monoisotopic (exact) mass is 277 g/mol. The van der Waals surface area contributed by atoms with Gasteiger partial charge in [-0.1, -0.05) is 19.1 Å². The Kier molecular flexibility index (Phi) is 3.57. The lowest BCUT2D eigenvalue weighted by atomic mass is 9.81. The van der Waals surface area contributed by atoms with E-state index in [1.54, 1.807) is 0 Å². The highest BCUT2D eigenvalue weighted by Gasteiger charge is 2.51. The largest absolute Gasteiger partial charge is 0.481 e. The van der Waals surface area contributed by atoms with Crippen molar-refractivity contribution in [2.45, 2.75) is 45.1 Å². The van der Waals surface area contributed by atoms with Crippen molar-refractivity contribution < 1.29 is 14.7 Å². The van der Waals surface area contributed by atoms with Crippen LogP contribution in [0.3, 0.4) is 0 Å². The van der Waals surface area contributed by atoms with Crippen molar-refractivity contribution in [3.8, 4) is 0 Å². The number of aliphatic carboxylic acids is 1. The van der Waals surface area contributed by atoms with Gasteiger partial charge in [-0.15, -0.1) is 0 Å². The second-order valence-corrected chi connectivity index (χ2v) is 6.80. The smallest absolute Gasteiger partial charge is 0.307 e. The molecule has 2 N–H and O–H groups in total. The summed E-state index contributed by atoms with van der Waals surface area (Å²) in [7, 11) is 0. The molecule has 2 saturated carbocycles. The number of allylic oxidation sites excluding steroid dienone is 2. The van der Waals surface area contributed by atoms with Crippen molar-refractivity contribution in [1.82, 2.24) is 5.32 Å². The van der Waals surface area contributed by atoms with Crippen molar-refractivity contribution in [3.63, 3.8) is 0 Å². The summed E-state index contributed by atoms with van der Waals surface area (Å²) in [5.74, 6) is -0.800. The van der Waals surface area contributed by atoms with Gasteiger partial charge in [-0.2, -0.15) is 0 Å². The van der Waals surface area contributed by atoms with Gasteiger partial charge >= 0.3 is 5.97 Å². The Morgan fingerprint density at radius 2 is 1.65 bits per heavy atom. The Labute approximate surface area is 119 Å². The van der Waals surface area contributed by atoms with Crippen LogP contribution >= 0.6 is 0 Å². The number of fused-ring (bicyclic) bond motifs is 2. The van der Waals surface area contributed by atoms with E-state index in [1.807, 2.05) is 12.2 Å². The van der Waals surface area contributed by atoms with E-state index >= 15 is 0 Å². The molecule has 3 rings (SSSR count). The van der Waals surface area contributed by atoms with E-state index in [9.17, 15) is 14.7 Å². The van der Waals surface area contributed by atoms with Crippen LogP contribution in [-0.4, -0.2) is 23.0 Å². The number of hydrogen-bond donors (Lipinski definition) is 2. The molecule has 3 aliphatic rings. The van der Waals surface area contributed by atoms with E-state index in [2.05, 4.69) is 12.2 Å². The van der Waals surface area contributed by atoms with Gasteiger partial charge in [0.2, 0.25) is 5.91 Å². The Morgan fingerprint density at radius 1 is 1.05 bits per heavy atom. The van der Waals surface area contributed by atoms with E-state index in [-0.39, 0.29) is 29.7 Å². The van der Waals surface area contributed by atoms with Gasteiger partial charge in [0.15, 0.2) is 0 Å². The average Bonchev–Trinajstić information content (AvgIpc) is 3.01. The maximum atomic E-state index is 12.5. The number of amides is 1. The maximum absolute atomic E-state index is 12.5. The molecule has 20 heavy (non-hydrogen) atoms. The number of carboxylic acids is 1. The van der Waals surface area contributed by atoms with Crippen LogP contribution < -0.4 is 5.32 Å². The molecule has 4 unspecified atom stereocenters. The van der Waals surface area contributed by atoms with Gasteiger partial charge in [-0.05, 0) is 49.9 Å². The quantitative estimate of drug-likeness (QED) is 0.777. The Hall–Kier alpha value is -1.32. The minimum absolute atomic E-state index is 0.0335. The fourth-order valence-electron chi connectivity index (χ4n) is 4.22. The van der Waals surface area contributed by atoms with E-state index in [0.717, 1.165) is 38.0 Å². The summed E-state index contributed by atoms with van der Waals surface area (Å²) >= 11 is 0. The molecule has 0 aromatic heterocycles. The van der Waals surface area contributed by atoms with Crippen LogP contribution in [-0.2, 0) is 9.59 Å². The molecule has 110 valence electrons. The molecule has 0 aromatic carbocycles. The lowest BCUT2D eigenvalue weighted by Gasteiger charge is -2.30. The van der Waals surface area contributed by atoms with E-state index in [4.69, 9.17) is 0 Å². The third-order valence-electron chi connectivity index (χ3n) is 5.41. The molecule has 0 aromatic rings. The Bertz CT molecular complexity index is 437. The van der Waals surface area contributed by atoms with Crippen LogP contribution in [0.25, 0.3) is 0 Å². The minimum atomic E-state index is -0.820. The highest BCUT2D eigenvalue weighted by Crippen LogP contribution is 2.48. The Morgan fingerprint density at radius 3 is 2.25 bits per heavy atom. The van der Waals surface area contributed by atoms with Gasteiger partial charge in [0.1, 0.15) is 0 Å². The van der Waals surface area contributed by atoms with Crippen LogP contribution in [0.15, 0.2) is 12.2 Å². The zero-order valence-electron chi connectivity index (χ0n) is 11.9. The first-order valence-electron chi connectivity index (χ1n) is 7.77. The summed E-state index contributed by atoms with van der Waals surface area (Å²) in [5, 5.41) is 12.5. The van der Waals surface area contributed by atoms with Crippen LogP contribution in [0.2, 0.25) is 0 Å². The van der Waals surface area contributed by atoms with E-state index in [1.165, 1.54) is 0 Å². The molecule has 0 aliphatic heterocycles. The molecular weight excluding hydrogens is 254 g/mol. The summed E-state index contributed by atoms with van der Waals surface area (Å²) < 4.78 is 0. The zero-order chi connectivity index (χ0) is 14.3. The molecule has 2 bridgehead atoms. The predicted octanol–water partition coefficient (Wildman–Crippen LogP) is 2.20. The summed E-state index contributed by atoms with van der Waals surface area (Å²) in [5.41, 5.74) is 0. The van der Waals surface area contributed by atoms with Crippen molar-refractivity contribution in [1.29, 1.82) is 0 Å². The summed E-state index contributed by atoms with van der Waals surface area (Å²) in [6.07, 6.45) is 9.22. The minimum Gasteiger partial charge on any atom is -0.481 e. The van der Waals surface area contributed by atoms with Crippen molar-refractivity contribution >= 4 is 11.9 Å². The lowest BCUT2D eigenvalue weighted by Crippen LogP contribution is -2.45. The number of rotatable bonds is 3. The highest BCUT2D eigenvalue weighted by molar-refractivity contribution is 5.87. The molecule has 0 radical (unpaired) electrons. The molecule has 4 heteroatoms. The second-order valence-electron chi connectivity index (χ2n) is 6.80. The van der Waals surface area contributed by atoms with Gasteiger partial charge in [0.05, 0.1) is 11.8 Å². The maximum Gasteiger partial charge on any atom is 0.307 e. The van der Waals surface area contributed by atoms with Crippen molar-refractivity contribution in [2.75, 3.05) is 0 Å². The molecule has 1 amide bonds. The van der Waals surface area contributed by atoms with Crippen molar-refractivity contribution in [2.24, 2.45) is 29.6 Å². The first kappa shape index (κ1) is 13.7. The van der Waals surface area contributed by atoms with Crippen LogP contribution in [0.1, 0.15) is 39.0 Å². The normalized spacial score (nSPS) is 42.6. The molecule has 3 aliphatic carbocycles. The van der Waals surface area contributed by atoms with Gasteiger partial charge < -0.3 is 10.4 Å². The van der Waals surface area contributed by atoms with Crippen LogP contribution in [0, 0.1) is 29.6 Å². The molecule has 0 heterocycles. The zero-order valence-corrected chi connectivity index (χ0v) is 11.9. The molecule has 4 atom stereocenters. The van der Waals surface area contributed by atoms with Crippen molar-refractivity contribution in [3.05, 3.63) is 12.2 Å². The van der Waals surface area contributed by atoms with E-state index in [0.29, 0.717) is 0 Å². The Balaban J connectivity index is 1.64. The van der Waals surface area contributed by atoms with E-state index < -0.39 is 11.9 Å². The standard InChI is InChI=1S/C16H23NO3/c1-9-2-6-12(7-3-9)17-15(18)13-10-4-5-11(8-10)14(13)16(19)20/h4-5,9-14H,2-3,6-8H2,1H3,(H,17,18)(H,19,20). The summed E-state index contributed by atoms with van der Waals surface area (Å²) in [6, 6.07) is 0.247. The average molecular weight is 277 g/mol. The fourth-order valence-corrected chi connectivity index (χ4v) is 4.22. The second kappa shape index (κ2) is 5.23. The first-order chi connectivity index (χ1) is 9.56. The first-order valence-corrected chi connectivity index (χ1v) is 7.77. The topological polar surface area (TPSA) is 66.4 Å². The molecular formula is C16H23NO3. The van der Waals surface area contributed by atoms with Crippen LogP contribution in [0.4, 0.5) is 0 Å². The fraction of sp³-hybridized carbons (Fsp3) is 0.750. The SMILES string of the molecule is CC1CCC(NC(=O)C2C3C=CC(C3)C2C(=O)O)CC1. The number of carboxylic acid groups (broad SMARTS) is 1. The third kappa shape index (κ3) is 2.36. The molecule has 4 nitrogen and oxygen atoms in total. The highest BCUT2D eigenvalue weighted by atomic mass is 16.4. The number of carbonyl (C=O) groups excluding carboxylic acids is 1. The molecule has 0 spiro atoms. The summed E-state index contributed by atoms with van der Waals surface area (Å²) in [4.78, 5) is 23.9. The molecule has 2 fully saturated rings. The third-order valence-corrected chi connectivity index (χ3v) is 5.41. The lowest BCUT2D eigenvalue weighted by molar-refractivity contribution is -0.148. The van der Waals surface area contributed by atoms with Gasteiger partial charge in [-0.3, -0.25) is 9.59 Å². The van der Waals surface area contributed by atoms with Gasteiger partial charge in [-0.25, -0.2) is 0 Å².